The van der Waals surface area contributed by atoms with Crippen molar-refractivity contribution in [2.75, 3.05) is 19.6 Å². The summed E-state index contributed by atoms with van der Waals surface area (Å²) in [6.07, 6.45) is 11.1. The third-order valence-corrected chi connectivity index (χ3v) is 5.92. The van der Waals surface area contributed by atoms with Crippen molar-refractivity contribution in [3.63, 3.8) is 0 Å². The van der Waals surface area contributed by atoms with Crippen molar-refractivity contribution < 1.29 is 0 Å². The summed E-state index contributed by atoms with van der Waals surface area (Å²) in [6, 6.07) is 8.70. The molecule has 1 saturated heterocycles. The number of nitrogens with two attached hydrogens (primary N) is 2. The summed E-state index contributed by atoms with van der Waals surface area (Å²) in [5.41, 5.74) is 20.4. The predicted molar refractivity (Wildman–Crippen MR) is 139 cm³/mol. The Bertz CT molecular complexity index is 944. The van der Waals surface area contributed by atoms with Crippen molar-refractivity contribution in [3.8, 4) is 0 Å². The molecule has 1 unspecified atom stereocenters. The van der Waals surface area contributed by atoms with E-state index in [0.29, 0.717) is 18.9 Å². The molecule has 2 heterocycles. The van der Waals surface area contributed by atoms with E-state index in [2.05, 4.69) is 77.5 Å². The smallest absolute Gasteiger partial charge is 0.139 e. The maximum absolute atomic E-state index is 6.52. The van der Waals surface area contributed by atoms with Gasteiger partial charge in [-0.25, -0.2) is 10.4 Å². The van der Waals surface area contributed by atoms with Crippen LogP contribution in [0.1, 0.15) is 44.7 Å². The molecule has 0 aliphatic carbocycles. The molecule has 2 aliphatic heterocycles. The van der Waals surface area contributed by atoms with Crippen molar-refractivity contribution in [3.05, 3.63) is 77.8 Å². The Morgan fingerprint density at radius 1 is 1.36 bits per heavy atom. The Morgan fingerprint density at radius 2 is 2.18 bits per heavy atom. The van der Waals surface area contributed by atoms with E-state index in [1.807, 2.05) is 19.1 Å². The SMILES string of the molecule is C=C1NC[C@@H](/C(N)=N/C2C=C(c3cccc(CCC)c3)N(/C(C)=C/C=C\C)N2)N1CCCN. The third kappa shape index (κ3) is 6.06. The van der Waals surface area contributed by atoms with Crippen LogP contribution in [0.15, 0.2) is 71.7 Å². The first-order valence-corrected chi connectivity index (χ1v) is 11.9. The van der Waals surface area contributed by atoms with Gasteiger partial charge in [-0.2, -0.15) is 0 Å². The summed E-state index contributed by atoms with van der Waals surface area (Å²) in [5.74, 6) is 1.46. The summed E-state index contributed by atoms with van der Waals surface area (Å²) in [4.78, 5) is 7.03. The molecule has 1 aromatic rings. The lowest BCUT2D eigenvalue weighted by Gasteiger charge is -2.26. The minimum atomic E-state index is -0.256. The van der Waals surface area contributed by atoms with Gasteiger partial charge >= 0.3 is 0 Å². The topological polar surface area (TPSA) is 94.9 Å². The Balaban J connectivity index is 1.89. The van der Waals surface area contributed by atoms with E-state index in [9.17, 15) is 0 Å². The molecule has 6 N–H and O–H groups in total. The highest BCUT2D eigenvalue weighted by molar-refractivity contribution is 5.87. The molecule has 0 amide bonds. The summed E-state index contributed by atoms with van der Waals surface area (Å²) >= 11 is 0. The molecule has 2 aliphatic rings. The fourth-order valence-electron chi connectivity index (χ4n) is 4.21. The molecular weight excluding hydrogens is 410 g/mol. The van der Waals surface area contributed by atoms with E-state index in [1.165, 1.54) is 11.1 Å². The van der Waals surface area contributed by atoms with Crippen LogP contribution in [0.5, 0.6) is 0 Å². The van der Waals surface area contributed by atoms with Crippen molar-refractivity contribution in [2.24, 2.45) is 16.5 Å². The normalized spacial score (nSPS) is 21.8. The van der Waals surface area contributed by atoms with Crippen LogP contribution in [0, 0.1) is 0 Å². The van der Waals surface area contributed by atoms with Gasteiger partial charge in [0.2, 0.25) is 0 Å². The van der Waals surface area contributed by atoms with E-state index in [4.69, 9.17) is 16.5 Å². The Labute approximate surface area is 198 Å². The number of nitrogens with one attached hydrogen (secondary N) is 2. The average molecular weight is 450 g/mol. The van der Waals surface area contributed by atoms with Crippen LogP contribution in [0.25, 0.3) is 5.70 Å². The maximum Gasteiger partial charge on any atom is 0.139 e. The molecule has 2 atom stereocenters. The molecule has 3 rings (SSSR count). The fraction of sp³-hybridized carbons (Fsp3) is 0.423. The van der Waals surface area contributed by atoms with Gasteiger partial charge in [0, 0.05) is 18.8 Å². The number of hydrogen-bond donors (Lipinski definition) is 4. The van der Waals surface area contributed by atoms with Gasteiger partial charge < -0.3 is 21.7 Å². The monoisotopic (exact) mass is 449 g/mol. The lowest BCUT2D eigenvalue weighted by molar-refractivity contribution is 0.343. The Hall–Kier alpha value is -3.03. The number of aryl methyl sites for hydroxylation is 1. The summed E-state index contributed by atoms with van der Waals surface area (Å²) in [6.45, 7) is 12.6. The molecule has 33 heavy (non-hydrogen) atoms. The second-order valence-electron chi connectivity index (χ2n) is 8.48. The largest absolute Gasteiger partial charge is 0.386 e. The van der Waals surface area contributed by atoms with Crippen LogP contribution in [0.3, 0.4) is 0 Å². The highest BCUT2D eigenvalue weighted by Crippen LogP contribution is 2.28. The minimum absolute atomic E-state index is 0.0238. The van der Waals surface area contributed by atoms with Gasteiger partial charge in [-0.15, -0.1) is 0 Å². The number of benzene rings is 1. The average Bonchev–Trinajstić information content (AvgIpc) is 3.40. The lowest BCUT2D eigenvalue weighted by atomic mass is 10.0. The molecule has 0 saturated carbocycles. The molecule has 1 fully saturated rings. The zero-order valence-electron chi connectivity index (χ0n) is 20.2. The predicted octanol–water partition coefficient (Wildman–Crippen LogP) is 3.06. The van der Waals surface area contributed by atoms with Gasteiger partial charge in [0.25, 0.3) is 0 Å². The lowest BCUT2D eigenvalue weighted by Crippen LogP contribution is -2.44. The summed E-state index contributed by atoms with van der Waals surface area (Å²) < 4.78 is 0. The third-order valence-electron chi connectivity index (χ3n) is 5.92. The quantitative estimate of drug-likeness (QED) is 0.249. The van der Waals surface area contributed by atoms with Crippen LogP contribution in [0.4, 0.5) is 0 Å². The highest BCUT2D eigenvalue weighted by atomic mass is 15.6. The molecule has 0 radical (unpaired) electrons. The number of amidine groups is 1. The summed E-state index contributed by atoms with van der Waals surface area (Å²) in [7, 11) is 0. The highest BCUT2D eigenvalue weighted by Gasteiger charge is 2.31. The van der Waals surface area contributed by atoms with Crippen molar-refractivity contribution >= 4 is 11.5 Å². The van der Waals surface area contributed by atoms with Gasteiger partial charge in [-0.1, -0.05) is 50.3 Å². The molecule has 7 heteroatoms. The van der Waals surface area contributed by atoms with Crippen LogP contribution in [-0.4, -0.2) is 47.6 Å². The molecule has 178 valence electrons. The van der Waals surface area contributed by atoms with E-state index >= 15 is 0 Å². The molecule has 1 aromatic carbocycles. The Kier molecular flexibility index (Phi) is 8.74. The second kappa shape index (κ2) is 11.7. The summed E-state index contributed by atoms with van der Waals surface area (Å²) in [5, 5.41) is 5.41. The van der Waals surface area contributed by atoms with Crippen LogP contribution in [-0.2, 0) is 6.42 Å². The van der Waals surface area contributed by atoms with Gasteiger partial charge in [-0.3, -0.25) is 5.01 Å². The van der Waals surface area contributed by atoms with Crippen molar-refractivity contribution in [1.29, 1.82) is 0 Å². The van der Waals surface area contributed by atoms with Crippen molar-refractivity contribution in [1.82, 2.24) is 20.7 Å². The molecule has 0 aromatic heterocycles. The first kappa shape index (κ1) is 24.6. The van der Waals surface area contributed by atoms with E-state index < -0.39 is 0 Å². The van der Waals surface area contributed by atoms with Crippen LogP contribution < -0.4 is 22.2 Å². The van der Waals surface area contributed by atoms with Gasteiger partial charge in [-0.05, 0) is 62.6 Å². The second-order valence-corrected chi connectivity index (χ2v) is 8.48. The van der Waals surface area contributed by atoms with E-state index in [1.54, 1.807) is 0 Å². The number of hydrazine groups is 1. The zero-order chi connectivity index (χ0) is 23.8. The van der Waals surface area contributed by atoms with E-state index in [0.717, 1.165) is 43.0 Å². The van der Waals surface area contributed by atoms with Crippen LogP contribution in [0.2, 0.25) is 0 Å². The van der Waals surface area contributed by atoms with Crippen LogP contribution >= 0.6 is 0 Å². The van der Waals surface area contributed by atoms with Gasteiger partial charge in [0.05, 0.1) is 11.5 Å². The minimum Gasteiger partial charge on any atom is -0.386 e. The number of nitrogens with zero attached hydrogens (tertiary/aromatic N) is 3. The van der Waals surface area contributed by atoms with Gasteiger partial charge in [0.15, 0.2) is 0 Å². The number of aliphatic imine (C=N–C) groups is 1. The molecule has 7 nitrogen and oxygen atoms in total. The molecule has 0 spiro atoms. The fourth-order valence-corrected chi connectivity index (χ4v) is 4.21. The van der Waals surface area contributed by atoms with Crippen molar-refractivity contribution in [2.45, 2.75) is 52.2 Å². The molecular formula is C26H39N7. The number of rotatable bonds is 10. The standard InChI is InChI=1S/C26H39N7/c1-5-7-11-19(3)33-23(22-13-8-12-21(16-22)10-6-2)17-25(31-33)30-26(28)24-18-29-20(4)32(24)15-9-14-27/h5,7-8,11-13,16-17,24-25,29,31H,4,6,9-10,14-15,18,27H2,1-3H3,(H2,28,30)/b7-5-,19-11+/t24-,25?/m0/s1. The zero-order valence-corrected chi connectivity index (χ0v) is 20.2. The first-order chi connectivity index (χ1) is 16.0. The maximum atomic E-state index is 6.52. The van der Waals surface area contributed by atoms with Gasteiger partial charge in [0.1, 0.15) is 18.0 Å². The van der Waals surface area contributed by atoms with E-state index in [-0.39, 0.29) is 12.2 Å². The Morgan fingerprint density at radius 3 is 2.91 bits per heavy atom. The number of allylic oxidation sites excluding steroid dienone is 4. The number of hydrogen-bond acceptors (Lipinski definition) is 6. The first-order valence-electron chi connectivity index (χ1n) is 11.9. The molecule has 0 bridgehead atoms.